The third-order valence-corrected chi connectivity index (χ3v) is 4.26. The van der Waals surface area contributed by atoms with Gasteiger partial charge < -0.3 is 0 Å². The summed E-state index contributed by atoms with van der Waals surface area (Å²) < 4.78 is 0. The molecular weight excluding hydrogens is 220 g/mol. The molecule has 1 aromatic carbocycles. The first-order chi connectivity index (χ1) is 8.74. The molecule has 1 fully saturated rings. The molecule has 0 amide bonds. The van der Waals surface area contributed by atoms with Crippen LogP contribution in [0.3, 0.4) is 0 Å². The molecule has 2 nitrogen and oxygen atoms in total. The zero-order valence-electron chi connectivity index (χ0n) is 11.7. The van der Waals surface area contributed by atoms with Crippen molar-refractivity contribution in [1.29, 1.82) is 0 Å². The summed E-state index contributed by atoms with van der Waals surface area (Å²) in [6, 6.07) is 9.32. The van der Waals surface area contributed by atoms with Gasteiger partial charge in [0.1, 0.15) is 0 Å². The molecule has 0 bridgehead atoms. The van der Waals surface area contributed by atoms with E-state index >= 15 is 0 Å². The van der Waals surface area contributed by atoms with E-state index in [1.807, 2.05) is 0 Å². The minimum absolute atomic E-state index is 0.325. The molecule has 3 unspecified atom stereocenters. The molecule has 1 aliphatic rings. The fraction of sp³-hybridized carbons (Fsp3) is 0.625. The van der Waals surface area contributed by atoms with E-state index < -0.39 is 0 Å². The van der Waals surface area contributed by atoms with Gasteiger partial charge in [0.2, 0.25) is 0 Å². The highest BCUT2D eigenvalue weighted by Gasteiger charge is 2.28. The van der Waals surface area contributed by atoms with Gasteiger partial charge in [-0.15, -0.1) is 0 Å². The summed E-state index contributed by atoms with van der Waals surface area (Å²) in [6.45, 7) is 4.57. The maximum Gasteiger partial charge on any atom is 0.0488 e. The number of nitrogens with one attached hydrogen (secondary N) is 1. The zero-order valence-corrected chi connectivity index (χ0v) is 11.7. The molecular formula is C16H26N2. The number of benzene rings is 1. The Bertz CT molecular complexity index is 358. The lowest BCUT2D eigenvalue weighted by Gasteiger charge is -2.23. The van der Waals surface area contributed by atoms with Crippen LogP contribution >= 0.6 is 0 Å². The number of rotatable bonds is 5. The molecule has 0 saturated heterocycles. The van der Waals surface area contributed by atoms with Crippen LogP contribution in [0.1, 0.15) is 56.7 Å². The van der Waals surface area contributed by atoms with Crippen molar-refractivity contribution < 1.29 is 0 Å². The summed E-state index contributed by atoms with van der Waals surface area (Å²) in [5.41, 5.74) is 5.80. The molecule has 0 aliphatic heterocycles. The molecule has 1 aliphatic carbocycles. The van der Waals surface area contributed by atoms with Crippen LogP contribution in [0.25, 0.3) is 0 Å². The van der Waals surface area contributed by atoms with Gasteiger partial charge in [0.05, 0.1) is 0 Å². The second kappa shape index (κ2) is 6.35. The van der Waals surface area contributed by atoms with Crippen molar-refractivity contribution in [2.45, 2.75) is 52.0 Å². The van der Waals surface area contributed by atoms with E-state index in [9.17, 15) is 0 Å². The first kappa shape index (κ1) is 13.6. The summed E-state index contributed by atoms with van der Waals surface area (Å²) in [7, 11) is 0. The van der Waals surface area contributed by atoms with Crippen LogP contribution in [0, 0.1) is 11.8 Å². The molecule has 0 radical (unpaired) electrons. The van der Waals surface area contributed by atoms with E-state index in [1.165, 1.54) is 43.2 Å². The SMILES string of the molecule is CCCc1ccc(C(NN)C2CCC(C)C2)cc1. The van der Waals surface area contributed by atoms with Crippen LogP contribution in [0.5, 0.6) is 0 Å². The summed E-state index contributed by atoms with van der Waals surface area (Å²) in [5.74, 6) is 7.33. The van der Waals surface area contributed by atoms with Gasteiger partial charge in [-0.25, -0.2) is 0 Å². The van der Waals surface area contributed by atoms with Gasteiger partial charge in [-0.3, -0.25) is 11.3 Å². The third-order valence-electron chi connectivity index (χ3n) is 4.26. The van der Waals surface area contributed by atoms with E-state index in [2.05, 4.69) is 43.5 Å². The summed E-state index contributed by atoms with van der Waals surface area (Å²) in [5, 5.41) is 0. The standard InChI is InChI=1S/C16H26N2/c1-3-4-13-6-9-14(10-7-13)16(18-17)15-8-5-12(2)11-15/h6-7,9-10,12,15-16,18H,3-5,8,11,17H2,1-2H3. The van der Waals surface area contributed by atoms with Crippen molar-refractivity contribution in [3.8, 4) is 0 Å². The highest BCUT2D eigenvalue weighted by atomic mass is 15.2. The number of aryl methyl sites for hydroxylation is 1. The van der Waals surface area contributed by atoms with Crippen molar-refractivity contribution in [3.63, 3.8) is 0 Å². The van der Waals surface area contributed by atoms with Crippen LogP contribution in [0.15, 0.2) is 24.3 Å². The molecule has 1 saturated carbocycles. The van der Waals surface area contributed by atoms with Crippen molar-refractivity contribution in [2.24, 2.45) is 17.7 Å². The Labute approximate surface area is 111 Å². The molecule has 3 atom stereocenters. The first-order valence-electron chi connectivity index (χ1n) is 7.29. The van der Waals surface area contributed by atoms with Crippen LogP contribution in [-0.2, 0) is 6.42 Å². The van der Waals surface area contributed by atoms with E-state index in [0.29, 0.717) is 12.0 Å². The summed E-state index contributed by atoms with van der Waals surface area (Å²) in [6.07, 6.45) is 6.31. The second-order valence-corrected chi connectivity index (χ2v) is 5.81. The maximum atomic E-state index is 5.78. The normalized spacial score (nSPS) is 25.3. The quantitative estimate of drug-likeness (QED) is 0.615. The molecule has 3 N–H and O–H groups in total. The largest absolute Gasteiger partial charge is 0.271 e. The predicted molar refractivity (Wildman–Crippen MR) is 77.0 cm³/mol. The molecule has 2 rings (SSSR count). The molecule has 0 aromatic heterocycles. The number of nitrogens with two attached hydrogens (primary N) is 1. The van der Waals surface area contributed by atoms with E-state index in [0.717, 1.165) is 5.92 Å². The maximum absolute atomic E-state index is 5.78. The molecule has 0 spiro atoms. The summed E-state index contributed by atoms with van der Waals surface area (Å²) in [4.78, 5) is 0. The minimum atomic E-state index is 0.325. The lowest BCUT2D eigenvalue weighted by Crippen LogP contribution is -2.32. The summed E-state index contributed by atoms with van der Waals surface area (Å²) >= 11 is 0. The number of hydrazine groups is 1. The van der Waals surface area contributed by atoms with Crippen molar-refractivity contribution in [1.82, 2.24) is 5.43 Å². The Kier molecular flexibility index (Phi) is 4.79. The van der Waals surface area contributed by atoms with Gasteiger partial charge in [-0.2, -0.15) is 0 Å². The lowest BCUT2D eigenvalue weighted by atomic mass is 9.90. The van der Waals surface area contributed by atoms with E-state index in [-0.39, 0.29) is 0 Å². The van der Waals surface area contributed by atoms with Crippen LogP contribution in [0.2, 0.25) is 0 Å². The lowest BCUT2D eigenvalue weighted by molar-refractivity contribution is 0.364. The zero-order chi connectivity index (χ0) is 13.0. The highest BCUT2D eigenvalue weighted by Crippen LogP contribution is 2.38. The average Bonchev–Trinajstić information content (AvgIpc) is 2.79. The Morgan fingerprint density at radius 1 is 1.28 bits per heavy atom. The second-order valence-electron chi connectivity index (χ2n) is 5.81. The Morgan fingerprint density at radius 2 is 2.00 bits per heavy atom. The van der Waals surface area contributed by atoms with E-state index in [4.69, 9.17) is 5.84 Å². The fourth-order valence-electron chi connectivity index (χ4n) is 3.24. The smallest absolute Gasteiger partial charge is 0.0488 e. The van der Waals surface area contributed by atoms with Gasteiger partial charge >= 0.3 is 0 Å². The van der Waals surface area contributed by atoms with Gasteiger partial charge in [-0.1, -0.05) is 51.0 Å². The van der Waals surface area contributed by atoms with Gasteiger partial charge in [-0.05, 0) is 42.2 Å². The van der Waals surface area contributed by atoms with E-state index in [1.54, 1.807) is 0 Å². The third kappa shape index (κ3) is 3.12. The minimum Gasteiger partial charge on any atom is -0.271 e. The van der Waals surface area contributed by atoms with Crippen molar-refractivity contribution in [2.75, 3.05) is 0 Å². The topological polar surface area (TPSA) is 38.0 Å². The molecule has 0 heterocycles. The molecule has 2 heteroatoms. The number of hydrogen-bond donors (Lipinski definition) is 2. The Balaban J connectivity index is 2.07. The number of hydrogen-bond acceptors (Lipinski definition) is 2. The Morgan fingerprint density at radius 3 is 2.50 bits per heavy atom. The van der Waals surface area contributed by atoms with Crippen LogP contribution < -0.4 is 11.3 Å². The van der Waals surface area contributed by atoms with Crippen LogP contribution in [0.4, 0.5) is 0 Å². The molecule has 1 aromatic rings. The highest BCUT2D eigenvalue weighted by molar-refractivity contribution is 5.25. The van der Waals surface area contributed by atoms with Gasteiger partial charge in [0, 0.05) is 6.04 Å². The fourth-order valence-corrected chi connectivity index (χ4v) is 3.24. The average molecular weight is 246 g/mol. The van der Waals surface area contributed by atoms with Crippen molar-refractivity contribution >= 4 is 0 Å². The molecule has 100 valence electrons. The van der Waals surface area contributed by atoms with Crippen LogP contribution in [-0.4, -0.2) is 0 Å². The van der Waals surface area contributed by atoms with Gasteiger partial charge in [0.15, 0.2) is 0 Å². The van der Waals surface area contributed by atoms with Gasteiger partial charge in [0.25, 0.3) is 0 Å². The predicted octanol–water partition coefficient (Wildman–Crippen LogP) is 3.58. The Hall–Kier alpha value is -0.860. The molecule has 18 heavy (non-hydrogen) atoms. The first-order valence-corrected chi connectivity index (χ1v) is 7.29. The monoisotopic (exact) mass is 246 g/mol. The van der Waals surface area contributed by atoms with Crippen molar-refractivity contribution in [3.05, 3.63) is 35.4 Å².